The fourth-order valence-electron chi connectivity index (χ4n) is 3.03. The van der Waals surface area contributed by atoms with Crippen molar-refractivity contribution in [1.82, 2.24) is 4.57 Å². The van der Waals surface area contributed by atoms with E-state index in [0.717, 1.165) is 22.5 Å². The molecule has 3 nitrogen and oxygen atoms in total. The quantitative estimate of drug-likeness (QED) is 0.902. The molecule has 1 heterocycles. The van der Waals surface area contributed by atoms with Gasteiger partial charge in [0.15, 0.2) is 0 Å². The Kier molecular flexibility index (Phi) is 4.40. The number of benzene rings is 1. The van der Waals surface area contributed by atoms with Gasteiger partial charge in [0, 0.05) is 23.0 Å². The van der Waals surface area contributed by atoms with Crippen molar-refractivity contribution in [1.29, 1.82) is 0 Å². The third kappa shape index (κ3) is 2.65. The van der Waals surface area contributed by atoms with Crippen molar-refractivity contribution in [3.8, 4) is 11.1 Å². The Morgan fingerprint density at radius 3 is 2.09 bits per heavy atom. The van der Waals surface area contributed by atoms with Crippen LogP contribution in [0, 0.1) is 25.6 Å². The number of amides is 1. The molecule has 0 spiro atoms. The summed E-state index contributed by atoms with van der Waals surface area (Å²) in [5.74, 6) is -0.324. The van der Waals surface area contributed by atoms with E-state index in [-0.39, 0.29) is 11.9 Å². The van der Waals surface area contributed by atoms with Crippen LogP contribution in [0.4, 0.5) is 4.39 Å². The van der Waals surface area contributed by atoms with E-state index in [9.17, 15) is 9.18 Å². The van der Waals surface area contributed by atoms with Crippen LogP contribution < -0.4 is 5.73 Å². The van der Waals surface area contributed by atoms with Gasteiger partial charge in [0.2, 0.25) is 0 Å². The van der Waals surface area contributed by atoms with Gasteiger partial charge in [-0.3, -0.25) is 4.79 Å². The van der Waals surface area contributed by atoms with Gasteiger partial charge in [-0.1, -0.05) is 26.0 Å². The number of rotatable bonds is 4. The lowest BCUT2D eigenvalue weighted by Gasteiger charge is -2.22. The second-order valence-electron chi connectivity index (χ2n) is 6.15. The molecule has 2 aromatic rings. The van der Waals surface area contributed by atoms with Crippen molar-refractivity contribution in [2.45, 2.75) is 40.7 Å². The van der Waals surface area contributed by atoms with Gasteiger partial charge in [-0.2, -0.15) is 0 Å². The summed E-state index contributed by atoms with van der Waals surface area (Å²) < 4.78 is 15.3. The largest absolute Gasteiger partial charge is 0.366 e. The first-order valence-electron chi connectivity index (χ1n) is 7.52. The molecule has 0 aliphatic heterocycles. The monoisotopic (exact) mass is 302 g/mol. The summed E-state index contributed by atoms with van der Waals surface area (Å²) in [5.41, 5.74) is 9.60. The number of halogens is 1. The third-order valence-corrected chi connectivity index (χ3v) is 4.45. The molecule has 0 bridgehead atoms. The SMILES string of the molecule is Cc1c(C(N)=O)c(-c2ccc(F)cc2)c(C)n1C(C)C(C)C. The van der Waals surface area contributed by atoms with E-state index in [0.29, 0.717) is 11.5 Å². The van der Waals surface area contributed by atoms with Gasteiger partial charge in [0.25, 0.3) is 5.91 Å². The maximum absolute atomic E-state index is 13.2. The zero-order chi connectivity index (χ0) is 16.6. The molecule has 118 valence electrons. The summed E-state index contributed by atoms with van der Waals surface area (Å²) >= 11 is 0. The third-order valence-electron chi connectivity index (χ3n) is 4.45. The van der Waals surface area contributed by atoms with Crippen molar-refractivity contribution < 1.29 is 9.18 Å². The lowest BCUT2D eigenvalue weighted by atomic mass is 10.00. The van der Waals surface area contributed by atoms with Crippen LogP contribution in [0.5, 0.6) is 0 Å². The van der Waals surface area contributed by atoms with E-state index in [2.05, 4.69) is 25.3 Å². The van der Waals surface area contributed by atoms with Gasteiger partial charge in [0.05, 0.1) is 5.56 Å². The normalized spacial score (nSPS) is 12.7. The van der Waals surface area contributed by atoms with E-state index in [1.54, 1.807) is 12.1 Å². The molecule has 1 aromatic heterocycles. The van der Waals surface area contributed by atoms with Crippen LogP contribution >= 0.6 is 0 Å². The molecule has 0 saturated carbocycles. The number of nitrogens with zero attached hydrogens (tertiary/aromatic N) is 1. The van der Waals surface area contributed by atoms with Crippen LogP contribution in [0.15, 0.2) is 24.3 Å². The second-order valence-corrected chi connectivity index (χ2v) is 6.15. The van der Waals surface area contributed by atoms with Crippen LogP contribution in [0.2, 0.25) is 0 Å². The van der Waals surface area contributed by atoms with Crippen molar-refractivity contribution in [2.75, 3.05) is 0 Å². The summed E-state index contributed by atoms with van der Waals surface area (Å²) in [6, 6.07) is 6.42. The van der Waals surface area contributed by atoms with Crippen molar-refractivity contribution in [3.63, 3.8) is 0 Å². The highest BCUT2D eigenvalue weighted by molar-refractivity contribution is 6.02. The van der Waals surface area contributed by atoms with Crippen molar-refractivity contribution in [2.24, 2.45) is 11.7 Å². The Hall–Kier alpha value is -2.10. The highest BCUT2D eigenvalue weighted by atomic mass is 19.1. The van der Waals surface area contributed by atoms with Gasteiger partial charge in [-0.25, -0.2) is 4.39 Å². The predicted octanol–water partition coefficient (Wildman–Crippen LogP) is 4.23. The summed E-state index contributed by atoms with van der Waals surface area (Å²) in [6.45, 7) is 10.3. The molecular weight excluding hydrogens is 279 g/mol. The molecule has 1 amide bonds. The van der Waals surface area contributed by atoms with Crippen LogP contribution in [-0.4, -0.2) is 10.5 Å². The minimum Gasteiger partial charge on any atom is -0.366 e. The van der Waals surface area contributed by atoms with Gasteiger partial charge >= 0.3 is 0 Å². The molecule has 0 saturated heterocycles. The number of primary amides is 1. The zero-order valence-electron chi connectivity index (χ0n) is 13.8. The molecule has 4 heteroatoms. The summed E-state index contributed by atoms with van der Waals surface area (Å²) in [6.07, 6.45) is 0. The maximum atomic E-state index is 13.2. The lowest BCUT2D eigenvalue weighted by molar-refractivity contribution is 0.1000. The van der Waals surface area contributed by atoms with Gasteiger partial charge in [-0.05, 0) is 44.4 Å². The number of hydrogen-bond donors (Lipinski definition) is 1. The van der Waals surface area contributed by atoms with Gasteiger partial charge in [-0.15, -0.1) is 0 Å². The fourth-order valence-corrected chi connectivity index (χ4v) is 3.03. The number of aromatic nitrogens is 1. The van der Waals surface area contributed by atoms with Crippen LogP contribution in [0.3, 0.4) is 0 Å². The predicted molar refractivity (Wildman–Crippen MR) is 87.4 cm³/mol. The lowest BCUT2D eigenvalue weighted by Crippen LogP contribution is -2.16. The first kappa shape index (κ1) is 16.3. The molecule has 1 atom stereocenters. The van der Waals surface area contributed by atoms with Crippen molar-refractivity contribution >= 4 is 5.91 Å². The number of nitrogens with two attached hydrogens (primary N) is 1. The fraction of sp³-hybridized carbons (Fsp3) is 0.389. The van der Waals surface area contributed by atoms with Crippen LogP contribution in [0.1, 0.15) is 48.6 Å². The molecule has 22 heavy (non-hydrogen) atoms. The van der Waals surface area contributed by atoms with E-state index in [1.165, 1.54) is 12.1 Å². The molecule has 0 radical (unpaired) electrons. The number of carbonyl (C=O) groups is 1. The molecule has 1 unspecified atom stereocenters. The van der Waals surface area contributed by atoms with E-state index >= 15 is 0 Å². The minimum atomic E-state index is -0.449. The first-order chi connectivity index (χ1) is 10.3. The molecule has 2 rings (SSSR count). The summed E-state index contributed by atoms with van der Waals surface area (Å²) in [5, 5.41) is 0. The highest BCUT2D eigenvalue weighted by Crippen LogP contribution is 2.35. The molecular formula is C18H23FN2O. The maximum Gasteiger partial charge on any atom is 0.251 e. The highest BCUT2D eigenvalue weighted by Gasteiger charge is 2.25. The van der Waals surface area contributed by atoms with Gasteiger partial charge < -0.3 is 10.3 Å². The van der Waals surface area contributed by atoms with E-state index in [1.807, 2.05) is 13.8 Å². The standard InChI is InChI=1S/C18H23FN2O/c1-10(2)11(3)21-12(4)16(17(13(21)5)18(20)22)14-6-8-15(19)9-7-14/h6-11H,1-5H3,(H2,20,22). The van der Waals surface area contributed by atoms with E-state index < -0.39 is 5.91 Å². The number of carbonyl (C=O) groups excluding carboxylic acids is 1. The average molecular weight is 302 g/mol. The minimum absolute atomic E-state index is 0.243. The molecule has 2 N–H and O–H groups in total. The topological polar surface area (TPSA) is 48.0 Å². The van der Waals surface area contributed by atoms with Gasteiger partial charge in [0.1, 0.15) is 5.82 Å². The Labute approximate surface area is 130 Å². The Balaban J connectivity index is 2.75. The molecule has 0 fully saturated rings. The summed E-state index contributed by atoms with van der Waals surface area (Å²) in [4.78, 5) is 12.0. The molecule has 0 aliphatic carbocycles. The smallest absolute Gasteiger partial charge is 0.251 e. The van der Waals surface area contributed by atoms with Crippen LogP contribution in [0.25, 0.3) is 11.1 Å². The average Bonchev–Trinajstić information content (AvgIpc) is 2.70. The van der Waals surface area contributed by atoms with Crippen molar-refractivity contribution in [3.05, 3.63) is 47.0 Å². The second kappa shape index (κ2) is 5.95. The van der Waals surface area contributed by atoms with E-state index in [4.69, 9.17) is 5.73 Å². The first-order valence-corrected chi connectivity index (χ1v) is 7.52. The Bertz CT molecular complexity index is 699. The Morgan fingerprint density at radius 2 is 1.64 bits per heavy atom. The molecule has 1 aromatic carbocycles. The summed E-state index contributed by atoms with van der Waals surface area (Å²) in [7, 11) is 0. The number of hydrogen-bond acceptors (Lipinski definition) is 1. The van der Waals surface area contributed by atoms with Crippen LogP contribution in [-0.2, 0) is 0 Å². The zero-order valence-corrected chi connectivity index (χ0v) is 13.8. The Morgan fingerprint density at radius 1 is 1.09 bits per heavy atom. The molecule has 0 aliphatic rings.